The highest BCUT2D eigenvalue weighted by Crippen LogP contribution is 2.32. The van der Waals surface area contributed by atoms with Crippen molar-refractivity contribution in [1.82, 2.24) is 9.47 Å². The number of fused-ring (bicyclic) bond motifs is 3. The first-order valence-corrected chi connectivity index (χ1v) is 16.7. The van der Waals surface area contributed by atoms with Crippen LogP contribution < -0.4 is 0 Å². The van der Waals surface area contributed by atoms with E-state index in [9.17, 15) is 14.4 Å². The van der Waals surface area contributed by atoms with Gasteiger partial charge in [-0.05, 0) is 93.9 Å². The van der Waals surface area contributed by atoms with Crippen molar-refractivity contribution < 1.29 is 19.2 Å². The first-order valence-electron chi connectivity index (χ1n) is 15.4. The Hall–Kier alpha value is -4.40. The molecule has 0 spiro atoms. The highest BCUT2D eigenvalue weighted by molar-refractivity contribution is 7.99. The zero-order valence-corrected chi connectivity index (χ0v) is 28.0. The predicted molar refractivity (Wildman–Crippen MR) is 188 cm³/mol. The molecule has 9 heteroatoms. The van der Waals surface area contributed by atoms with Gasteiger partial charge in [0, 0.05) is 80.2 Å². The Balaban J connectivity index is 1.51. The minimum atomic E-state index is -0.604. The molecule has 7 nitrogen and oxygen atoms in total. The lowest BCUT2D eigenvalue weighted by Crippen LogP contribution is -2.30. The van der Waals surface area contributed by atoms with Crippen LogP contribution in [0.3, 0.4) is 0 Å². The Morgan fingerprint density at radius 3 is 2.11 bits per heavy atom. The van der Waals surface area contributed by atoms with Crippen LogP contribution >= 0.6 is 23.4 Å². The number of benzene rings is 4. The smallest absolute Gasteiger partial charge is 0.341 e. The van der Waals surface area contributed by atoms with Gasteiger partial charge in [0.1, 0.15) is 5.71 Å². The minimum Gasteiger partial charge on any atom is -0.341 e. The molecule has 236 valence electrons. The second kappa shape index (κ2) is 14.8. The average Bonchev–Trinajstić information content (AvgIpc) is 3.39. The number of nitrogens with zero attached hydrogens (tertiary/aromatic N) is 3. The number of aryl methyl sites for hydroxylation is 2. The number of ketones is 2. The van der Waals surface area contributed by atoms with Crippen LogP contribution in [0.2, 0.25) is 5.02 Å². The van der Waals surface area contributed by atoms with E-state index in [2.05, 4.69) is 16.6 Å². The van der Waals surface area contributed by atoms with Crippen LogP contribution in [0.15, 0.2) is 95.0 Å². The second-order valence-electron chi connectivity index (χ2n) is 10.8. The van der Waals surface area contributed by atoms with Gasteiger partial charge >= 0.3 is 6.09 Å². The Morgan fingerprint density at radius 2 is 1.48 bits per heavy atom. The maximum atomic E-state index is 14.0. The van der Waals surface area contributed by atoms with Crippen molar-refractivity contribution in [3.8, 4) is 0 Å². The first-order chi connectivity index (χ1) is 22.2. The second-order valence-corrected chi connectivity index (χ2v) is 12.4. The molecule has 0 radical (unpaired) electrons. The number of hydrogen-bond acceptors (Lipinski definition) is 6. The van der Waals surface area contributed by atoms with Gasteiger partial charge in [0.15, 0.2) is 5.78 Å². The van der Waals surface area contributed by atoms with Crippen molar-refractivity contribution >= 4 is 68.5 Å². The van der Waals surface area contributed by atoms with Gasteiger partial charge in [-0.3, -0.25) is 14.4 Å². The number of aromatic nitrogens is 1. The molecule has 0 N–H and O–H groups in total. The molecule has 5 rings (SSSR count). The zero-order chi connectivity index (χ0) is 32.8. The molecule has 0 saturated carbocycles. The summed E-state index contributed by atoms with van der Waals surface area (Å²) >= 11 is 7.58. The normalized spacial score (nSPS) is 11.6. The van der Waals surface area contributed by atoms with E-state index in [1.807, 2.05) is 99.6 Å². The number of carbonyl (C=O) groups excluding carboxylic acids is 3. The maximum Gasteiger partial charge on any atom is 0.435 e. The molecule has 0 aliphatic rings. The molecule has 1 heterocycles. The van der Waals surface area contributed by atoms with Gasteiger partial charge in [-0.2, -0.15) is 0 Å². The number of hydrogen-bond donors (Lipinski definition) is 0. The van der Waals surface area contributed by atoms with Crippen LogP contribution in [0.5, 0.6) is 0 Å². The Morgan fingerprint density at radius 1 is 0.848 bits per heavy atom. The molecule has 0 unspecified atom stereocenters. The average molecular weight is 654 g/mol. The molecule has 0 aliphatic carbocycles. The van der Waals surface area contributed by atoms with Gasteiger partial charge in [-0.15, -0.1) is 11.8 Å². The summed E-state index contributed by atoms with van der Waals surface area (Å²) in [6.45, 7) is 9.35. The van der Waals surface area contributed by atoms with E-state index in [-0.39, 0.29) is 23.7 Å². The van der Waals surface area contributed by atoms with Crippen LogP contribution in [-0.4, -0.2) is 51.7 Å². The summed E-state index contributed by atoms with van der Waals surface area (Å²) < 4.78 is 2.17. The van der Waals surface area contributed by atoms with Crippen molar-refractivity contribution in [2.75, 3.05) is 18.8 Å². The zero-order valence-electron chi connectivity index (χ0n) is 26.4. The predicted octanol–water partition coefficient (Wildman–Crippen LogP) is 9.21. The molecule has 0 bridgehead atoms. The summed E-state index contributed by atoms with van der Waals surface area (Å²) in [4.78, 5) is 47.8. The van der Waals surface area contributed by atoms with Crippen LogP contribution in [0.25, 0.3) is 21.8 Å². The van der Waals surface area contributed by atoms with Crippen molar-refractivity contribution in [2.45, 2.75) is 45.6 Å². The SMILES string of the molecule is CCN(CC)C(=O)O/N=C(\CCSc1ccc(Cl)cc1)C(=O)c1ccc2c(c1)c1cc(C(=O)c3ccccc3C)ccc1n2CC. The summed E-state index contributed by atoms with van der Waals surface area (Å²) in [5.74, 6) is 0.166. The van der Waals surface area contributed by atoms with Crippen molar-refractivity contribution in [3.63, 3.8) is 0 Å². The molecular weight excluding hydrogens is 618 g/mol. The highest BCUT2D eigenvalue weighted by Gasteiger charge is 2.21. The van der Waals surface area contributed by atoms with Gasteiger partial charge in [-0.25, -0.2) is 4.79 Å². The van der Waals surface area contributed by atoms with Crippen molar-refractivity contribution in [1.29, 1.82) is 0 Å². The fourth-order valence-electron chi connectivity index (χ4n) is 5.51. The van der Waals surface area contributed by atoms with Crippen LogP contribution in [-0.2, 0) is 11.4 Å². The van der Waals surface area contributed by atoms with E-state index >= 15 is 0 Å². The summed E-state index contributed by atoms with van der Waals surface area (Å²) in [6, 6.07) is 26.3. The quantitative estimate of drug-likeness (QED) is 0.0441. The first kappa shape index (κ1) is 33.0. The van der Waals surface area contributed by atoms with Gasteiger partial charge < -0.3 is 9.47 Å². The van der Waals surface area contributed by atoms with E-state index in [0.717, 1.165) is 32.3 Å². The fraction of sp³-hybridized carbons (Fsp3) is 0.243. The molecule has 1 aromatic heterocycles. The Labute approximate surface area is 278 Å². The summed E-state index contributed by atoms with van der Waals surface area (Å²) in [5, 5.41) is 6.49. The lowest BCUT2D eigenvalue weighted by molar-refractivity contribution is 0.101. The number of thioether (sulfide) groups is 1. The molecule has 4 aromatic carbocycles. The van der Waals surface area contributed by atoms with Gasteiger partial charge in [0.2, 0.25) is 5.78 Å². The minimum absolute atomic E-state index is 0.0488. The molecule has 46 heavy (non-hydrogen) atoms. The largest absolute Gasteiger partial charge is 0.435 e. The molecule has 0 fully saturated rings. The summed E-state index contributed by atoms with van der Waals surface area (Å²) in [6.07, 6.45) is -0.324. The summed E-state index contributed by atoms with van der Waals surface area (Å²) in [7, 11) is 0. The fourth-order valence-corrected chi connectivity index (χ4v) is 6.49. The number of halogens is 1. The Bertz CT molecular complexity index is 1940. The van der Waals surface area contributed by atoms with Crippen molar-refractivity contribution in [2.24, 2.45) is 5.16 Å². The third kappa shape index (κ3) is 7.03. The molecule has 0 saturated heterocycles. The monoisotopic (exact) mass is 653 g/mol. The maximum absolute atomic E-state index is 14.0. The molecule has 5 aromatic rings. The lowest BCUT2D eigenvalue weighted by Gasteiger charge is -2.15. The lowest BCUT2D eigenvalue weighted by atomic mass is 9.97. The molecule has 0 aliphatic heterocycles. The van der Waals surface area contributed by atoms with Crippen LogP contribution in [0.4, 0.5) is 4.79 Å². The van der Waals surface area contributed by atoms with Crippen LogP contribution in [0, 0.1) is 6.92 Å². The van der Waals surface area contributed by atoms with E-state index in [4.69, 9.17) is 16.4 Å². The summed E-state index contributed by atoms with van der Waals surface area (Å²) in [5.41, 5.74) is 4.67. The van der Waals surface area contributed by atoms with E-state index in [0.29, 0.717) is 47.1 Å². The van der Waals surface area contributed by atoms with E-state index < -0.39 is 6.09 Å². The number of carbonyl (C=O) groups is 3. The number of rotatable bonds is 12. The third-order valence-electron chi connectivity index (χ3n) is 8.03. The Kier molecular flexibility index (Phi) is 10.6. The number of Topliss-reactive ketones (excluding diaryl/α,β-unsaturated/α-hetero) is 1. The molecule has 0 atom stereocenters. The van der Waals surface area contributed by atoms with Gasteiger partial charge in [-0.1, -0.05) is 41.0 Å². The third-order valence-corrected chi connectivity index (χ3v) is 9.30. The van der Waals surface area contributed by atoms with Gasteiger partial charge in [0.25, 0.3) is 0 Å². The van der Waals surface area contributed by atoms with Crippen molar-refractivity contribution in [3.05, 3.63) is 112 Å². The van der Waals surface area contributed by atoms with Crippen LogP contribution in [0.1, 0.15) is 59.0 Å². The number of oxime groups is 1. The highest BCUT2D eigenvalue weighted by atomic mass is 35.5. The topological polar surface area (TPSA) is 81.0 Å². The van der Waals surface area contributed by atoms with Gasteiger partial charge in [0.05, 0.1) is 0 Å². The number of amides is 1. The van der Waals surface area contributed by atoms with E-state index in [1.54, 1.807) is 17.8 Å². The van der Waals surface area contributed by atoms with E-state index in [1.165, 1.54) is 4.90 Å². The standard InChI is InChI=1S/C37H36ClN3O4S/c1-5-40(6-2)37(44)45-39-32(20-21-46-28-16-14-27(38)15-17-28)36(43)26-13-19-34-31(23-26)30-22-25(12-18-33(30)41(34)7-3)35(42)29-11-9-8-10-24(29)4/h8-19,22-23H,5-7,20-21H2,1-4H3/b39-32+. The molecular formula is C37H36ClN3O4S. The molecule has 1 amide bonds.